The highest BCUT2D eigenvalue weighted by atomic mass is 32.2. The molecule has 0 aliphatic carbocycles. The van der Waals surface area contributed by atoms with Crippen LogP contribution in [0.5, 0.6) is 0 Å². The Bertz CT molecular complexity index is 679. The number of nitrogens with zero attached hydrogens (tertiary/aromatic N) is 4. The third-order valence-corrected chi connectivity index (χ3v) is 6.56. The van der Waals surface area contributed by atoms with E-state index in [2.05, 4.69) is 24.0 Å². The number of nitrogens with two attached hydrogens (primary N) is 1. The van der Waals surface area contributed by atoms with Crippen molar-refractivity contribution < 1.29 is 14.3 Å². The van der Waals surface area contributed by atoms with Gasteiger partial charge in [0, 0.05) is 31.5 Å². The number of piperidine rings is 1. The van der Waals surface area contributed by atoms with E-state index in [-0.39, 0.29) is 36.4 Å². The maximum absolute atomic E-state index is 12.8. The number of aromatic nitrogens is 3. The molecule has 3 atom stereocenters. The van der Waals surface area contributed by atoms with Crippen molar-refractivity contribution in [1.29, 1.82) is 0 Å². The zero-order valence-electron chi connectivity index (χ0n) is 16.8. The molecule has 3 rings (SSSR count). The number of hydrogen-bond acceptors (Lipinski definition) is 6. The Hall–Kier alpha value is -1.61. The van der Waals surface area contributed by atoms with Crippen LogP contribution in [0.4, 0.5) is 0 Å². The lowest BCUT2D eigenvalue weighted by Crippen LogP contribution is -2.48. The van der Waals surface area contributed by atoms with Gasteiger partial charge in [-0.05, 0) is 46.0 Å². The van der Waals surface area contributed by atoms with E-state index >= 15 is 0 Å². The SMILES string of the molecule is CC1CCCC(C)N1C(=O)CSc1nnc(CCC(N)=O)n1CC1CCCO1. The maximum Gasteiger partial charge on any atom is 0.233 e. The second-order valence-corrected chi connectivity index (χ2v) is 8.77. The lowest BCUT2D eigenvalue weighted by molar-refractivity contribution is -0.134. The van der Waals surface area contributed by atoms with Gasteiger partial charge in [0.2, 0.25) is 11.8 Å². The lowest BCUT2D eigenvalue weighted by Gasteiger charge is -2.39. The van der Waals surface area contributed by atoms with E-state index < -0.39 is 0 Å². The molecule has 0 saturated carbocycles. The fourth-order valence-electron chi connectivity index (χ4n) is 4.13. The molecule has 2 N–H and O–H groups in total. The predicted octanol–water partition coefficient (Wildman–Crippen LogP) is 1.76. The van der Waals surface area contributed by atoms with Crippen molar-refractivity contribution in [2.24, 2.45) is 5.73 Å². The number of rotatable bonds is 8. The molecule has 0 bridgehead atoms. The van der Waals surface area contributed by atoms with Crippen molar-refractivity contribution in [3.63, 3.8) is 0 Å². The molecule has 2 fully saturated rings. The Morgan fingerprint density at radius 2 is 1.93 bits per heavy atom. The minimum Gasteiger partial charge on any atom is -0.376 e. The van der Waals surface area contributed by atoms with Gasteiger partial charge in [0.15, 0.2) is 5.16 Å². The number of aryl methyl sites for hydroxylation is 1. The average Bonchev–Trinajstić information content (AvgIpc) is 3.28. The molecule has 1 aromatic heterocycles. The van der Waals surface area contributed by atoms with Gasteiger partial charge in [-0.3, -0.25) is 9.59 Å². The summed E-state index contributed by atoms with van der Waals surface area (Å²) in [5.41, 5.74) is 5.29. The third-order valence-electron chi connectivity index (χ3n) is 5.60. The molecule has 2 aliphatic heterocycles. The number of likely N-dealkylation sites (tertiary alicyclic amines) is 1. The van der Waals surface area contributed by atoms with Crippen LogP contribution < -0.4 is 5.73 Å². The first-order valence-electron chi connectivity index (χ1n) is 10.2. The Morgan fingerprint density at radius 1 is 1.18 bits per heavy atom. The van der Waals surface area contributed by atoms with Crippen molar-refractivity contribution in [1.82, 2.24) is 19.7 Å². The monoisotopic (exact) mass is 409 g/mol. The van der Waals surface area contributed by atoms with Gasteiger partial charge in [0.1, 0.15) is 5.82 Å². The number of carbonyl (C=O) groups excluding carboxylic acids is 2. The van der Waals surface area contributed by atoms with Crippen molar-refractivity contribution in [2.75, 3.05) is 12.4 Å². The van der Waals surface area contributed by atoms with Crippen molar-refractivity contribution in [2.45, 2.75) is 88.7 Å². The first-order valence-corrected chi connectivity index (χ1v) is 11.2. The van der Waals surface area contributed by atoms with Crippen LogP contribution in [0.1, 0.15) is 58.2 Å². The molecule has 0 spiro atoms. The van der Waals surface area contributed by atoms with Gasteiger partial charge in [-0.1, -0.05) is 11.8 Å². The highest BCUT2D eigenvalue weighted by Crippen LogP contribution is 2.26. The maximum atomic E-state index is 12.8. The topological polar surface area (TPSA) is 103 Å². The van der Waals surface area contributed by atoms with Crippen LogP contribution >= 0.6 is 11.8 Å². The van der Waals surface area contributed by atoms with Crippen molar-refractivity contribution in [3.05, 3.63) is 5.82 Å². The highest BCUT2D eigenvalue weighted by Gasteiger charge is 2.29. The quantitative estimate of drug-likeness (QED) is 0.656. The molecule has 2 aliphatic rings. The number of thioether (sulfide) groups is 1. The second kappa shape index (κ2) is 9.73. The van der Waals surface area contributed by atoms with Crippen molar-refractivity contribution >= 4 is 23.6 Å². The van der Waals surface area contributed by atoms with E-state index in [1.807, 2.05) is 9.47 Å². The molecule has 8 nitrogen and oxygen atoms in total. The molecule has 0 radical (unpaired) electrons. The van der Waals surface area contributed by atoms with Gasteiger partial charge < -0.3 is 19.9 Å². The van der Waals surface area contributed by atoms with Gasteiger partial charge in [0.25, 0.3) is 0 Å². The summed E-state index contributed by atoms with van der Waals surface area (Å²) in [6.45, 7) is 5.67. The second-order valence-electron chi connectivity index (χ2n) is 7.83. The van der Waals surface area contributed by atoms with Crippen LogP contribution in [0.25, 0.3) is 0 Å². The molecule has 0 aromatic carbocycles. The van der Waals surface area contributed by atoms with Gasteiger partial charge in [0.05, 0.1) is 18.4 Å². The molecular formula is C19H31N5O3S. The summed E-state index contributed by atoms with van der Waals surface area (Å²) in [5, 5.41) is 9.25. The number of primary amides is 1. The first kappa shape index (κ1) is 21.1. The molecule has 156 valence electrons. The normalized spacial score (nSPS) is 25.2. The summed E-state index contributed by atoms with van der Waals surface area (Å²) in [5.74, 6) is 0.858. The number of hydrogen-bond donors (Lipinski definition) is 1. The van der Waals surface area contributed by atoms with E-state index in [0.29, 0.717) is 23.9 Å². The van der Waals surface area contributed by atoms with Gasteiger partial charge in [-0.2, -0.15) is 0 Å². The van der Waals surface area contributed by atoms with Crippen LogP contribution in [0, 0.1) is 0 Å². The molecule has 1 aromatic rings. The highest BCUT2D eigenvalue weighted by molar-refractivity contribution is 7.99. The summed E-state index contributed by atoms with van der Waals surface area (Å²) < 4.78 is 7.76. The molecule has 3 heterocycles. The smallest absolute Gasteiger partial charge is 0.233 e. The van der Waals surface area contributed by atoms with Crippen LogP contribution in [-0.4, -0.2) is 62.0 Å². The number of carbonyl (C=O) groups is 2. The number of amides is 2. The molecule has 2 saturated heterocycles. The molecule has 2 amide bonds. The van der Waals surface area contributed by atoms with E-state index in [9.17, 15) is 9.59 Å². The number of ether oxygens (including phenoxy) is 1. The van der Waals surface area contributed by atoms with Gasteiger partial charge >= 0.3 is 0 Å². The minimum absolute atomic E-state index is 0.125. The minimum atomic E-state index is -0.357. The summed E-state index contributed by atoms with van der Waals surface area (Å²) in [7, 11) is 0. The third kappa shape index (κ3) is 5.26. The molecule has 9 heteroatoms. The largest absolute Gasteiger partial charge is 0.376 e. The van der Waals surface area contributed by atoms with E-state index in [1.165, 1.54) is 18.2 Å². The van der Waals surface area contributed by atoms with Crippen LogP contribution in [-0.2, 0) is 27.3 Å². The standard InChI is InChI=1S/C19H31N5O3S/c1-13-5-3-6-14(2)24(13)18(26)12-28-19-22-21-17(9-8-16(20)25)23(19)11-15-7-4-10-27-15/h13-15H,3-12H2,1-2H3,(H2,20,25). The average molecular weight is 410 g/mol. The molecule has 3 unspecified atom stereocenters. The summed E-state index contributed by atoms with van der Waals surface area (Å²) in [6.07, 6.45) is 6.16. The van der Waals surface area contributed by atoms with Gasteiger partial charge in [-0.25, -0.2) is 0 Å². The summed E-state index contributed by atoms with van der Waals surface area (Å²) >= 11 is 1.42. The first-order chi connectivity index (χ1) is 13.5. The Morgan fingerprint density at radius 3 is 2.57 bits per heavy atom. The summed E-state index contributed by atoms with van der Waals surface area (Å²) in [4.78, 5) is 26.0. The van der Waals surface area contributed by atoms with Crippen LogP contribution in [0.3, 0.4) is 0 Å². The van der Waals surface area contributed by atoms with E-state index in [0.717, 1.165) is 38.1 Å². The summed E-state index contributed by atoms with van der Waals surface area (Å²) in [6, 6.07) is 0.570. The van der Waals surface area contributed by atoms with Crippen LogP contribution in [0.2, 0.25) is 0 Å². The lowest BCUT2D eigenvalue weighted by atomic mass is 9.98. The Kier molecular flexibility index (Phi) is 7.34. The van der Waals surface area contributed by atoms with E-state index in [1.54, 1.807) is 0 Å². The molecule has 28 heavy (non-hydrogen) atoms. The fraction of sp³-hybridized carbons (Fsp3) is 0.789. The fourth-order valence-corrected chi connectivity index (χ4v) is 4.97. The van der Waals surface area contributed by atoms with Crippen molar-refractivity contribution in [3.8, 4) is 0 Å². The zero-order chi connectivity index (χ0) is 20.1. The van der Waals surface area contributed by atoms with E-state index in [4.69, 9.17) is 10.5 Å². The van der Waals surface area contributed by atoms with Gasteiger partial charge in [-0.15, -0.1) is 10.2 Å². The predicted molar refractivity (Wildman–Crippen MR) is 107 cm³/mol. The zero-order valence-corrected chi connectivity index (χ0v) is 17.6. The Balaban J connectivity index is 1.67. The molecular weight excluding hydrogens is 378 g/mol. The Labute approximate surface area is 170 Å². The van der Waals surface area contributed by atoms with Crippen LogP contribution in [0.15, 0.2) is 5.16 Å².